The molecule has 1 heterocycles. The van der Waals surface area contributed by atoms with E-state index >= 15 is 0 Å². The highest BCUT2D eigenvalue weighted by molar-refractivity contribution is 6.17. The van der Waals surface area contributed by atoms with Crippen LogP contribution in [0.25, 0.3) is 98.4 Å². The van der Waals surface area contributed by atoms with E-state index in [-0.39, 0.29) is 0 Å². The Morgan fingerprint density at radius 2 is 0.833 bits per heavy atom. The van der Waals surface area contributed by atoms with Gasteiger partial charge in [0, 0.05) is 33.1 Å². The Hall–Kier alpha value is -7.94. The van der Waals surface area contributed by atoms with Crippen molar-refractivity contribution in [2.45, 2.75) is 0 Å². The van der Waals surface area contributed by atoms with Gasteiger partial charge in [0.2, 0.25) is 0 Å². The van der Waals surface area contributed by atoms with Gasteiger partial charge in [-0.25, -0.2) is 0 Å². The fourth-order valence-electron chi connectivity index (χ4n) is 9.43. The van der Waals surface area contributed by atoms with Gasteiger partial charge in [0.15, 0.2) is 0 Å². The molecule has 0 fully saturated rings. The molecule has 280 valence electrons. The number of hydrogen-bond acceptors (Lipinski definition) is 2. The number of nitrogens with zero attached hydrogens (tertiary/aromatic N) is 1. The summed E-state index contributed by atoms with van der Waals surface area (Å²) in [7, 11) is 0. The first-order chi connectivity index (χ1) is 29.8. The van der Waals surface area contributed by atoms with E-state index in [1.54, 1.807) is 0 Å². The summed E-state index contributed by atoms with van der Waals surface area (Å²) in [6.07, 6.45) is 0. The SMILES string of the molecule is c1ccc(-c2ccc(-c3ccc(N(c4ccc(-c5cc6ccccc6c6ccccc56)cc4)c4cccc5c4ccc4ccccc45)cc3)c3c2oc2ccccc23)cc1. The molecular weight excluding hydrogens is 727 g/mol. The molecule has 0 aliphatic heterocycles. The number of fused-ring (bicyclic) bond motifs is 9. The molecule has 0 saturated carbocycles. The maximum Gasteiger partial charge on any atom is 0.143 e. The van der Waals surface area contributed by atoms with E-state index in [0.29, 0.717) is 0 Å². The molecule has 0 atom stereocenters. The van der Waals surface area contributed by atoms with Crippen LogP contribution >= 0.6 is 0 Å². The molecule has 0 bridgehead atoms. The third-order valence-electron chi connectivity index (χ3n) is 12.3. The van der Waals surface area contributed by atoms with Gasteiger partial charge in [-0.15, -0.1) is 0 Å². The van der Waals surface area contributed by atoms with Gasteiger partial charge in [-0.05, 0) is 114 Å². The van der Waals surface area contributed by atoms with E-state index < -0.39 is 0 Å². The maximum atomic E-state index is 6.63. The van der Waals surface area contributed by atoms with E-state index in [1.165, 1.54) is 54.2 Å². The molecule has 12 aromatic rings. The van der Waals surface area contributed by atoms with E-state index in [9.17, 15) is 0 Å². The Balaban J connectivity index is 1.02. The van der Waals surface area contributed by atoms with Crippen molar-refractivity contribution in [2.24, 2.45) is 0 Å². The van der Waals surface area contributed by atoms with Crippen molar-refractivity contribution in [3.8, 4) is 33.4 Å². The van der Waals surface area contributed by atoms with E-state index in [0.717, 1.165) is 61.3 Å². The van der Waals surface area contributed by atoms with Crippen LogP contribution in [0.1, 0.15) is 0 Å². The number of para-hydroxylation sites is 1. The topological polar surface area (TPSA) is 16.4 Å². The van der Waals surface area contributed by atoms with Crippen LogP contribution in [0, 0.1) is 0 Å². The van der Waals surface area contributed by atoms with Gasteiger partial charge in [0.25, 0.3) is 0 Å². The van der Waals surface area contributed by atoms with Crippen molar-refractivity contribution >= 4 is 82.1 Å². The fourth-order valence-corrected chi connectivity index (χ4v) is 9.43. The van der Waals surface area contributed by atoms with Crippen LogP contribution < -0.4 is 4.90 Å². The summed E-state index contributed by atoms with van der Waals surface area (Å²) in [5.41, 5.74) is 12.1. The van der Waals surface area contributed by atoms with Crippen molar-refractivity contribution in [1.29, 1.82) is 0 Å². The predicted octanol–water partition coefficient (Wildman–Crippen LogP) is 16.7. The quantitative estimate of drug-likeness (QED) is 0.157. The van der Waals surface area contributed by atoms with Gasteiger partial charge in [-0.2, -0.15) is 0 Å². The van der Waals surface area contributed by atoms with Crippen LogP contribution in [-0.4, -0.2) is 0 Å². The molecule has 0 aliphatic rings. The lowest BCUT2D eigenvalue weighted by molar-refractivity contribution is 0.670. The van der Waals surface area contributed by atoms with Gasteiger partial charge in [-0.1, -0.05) is 176 Å². The zero-order chi connectivity index (χ0) is 39.6. The zero-order valence-corrected chi connectivity index (χ0v) is 32.7. The maximum absolute atomic E-state index is 6.63. The third-order valence-corrected chi connectivity index (χ3v) is 12.3. The molecule has 0 unspecified atom stereocenters. The molecule has 0 spiro atoms. The minimum atomic E-state index is 0.892. The van der Waals surface area contributed by atoms with E-state index in [4.69, 9.17) is 4.42 Å². The first-order valence-electron chi connectivity index (χ1n) is 20.6. The minimum Gasteiger partial charge on any atom is -0.455 e. The average Bonchev–Trinajstić information content (AvgIpc) is 3.72. The highest BCUT2D eigenvalue weighted by Gasteiger charge is 2.20. The lowest BCUT2D eigenvalue weighted by Crippen LogP contribution is -2.10. The molecule has 0 N–H and O–H groups in total. The van der Waals surface area contributed by atoms with Crippen LogP contribution in [0.3, 0.4) is 0 Å². The number of benzene rings is 11. The number of furan rings is 1. The standard InChI is InChI=1S/C58H37NO/c1-2-13-38(14-3-1)48-36-35-47(57-53-21-10-11-24-56(53)60-58(48)57)40-25-30-43(31-26-40)59(55-23-12-22-50-45-17-6-4-15-39(45)29-34-52(50)55)44-32-27-41(28-33-44)54-37-42-16-5-7-18-46(42)49-19-8-9-20-51(49)54/h1-37H. The largest absolute Gasteiger partial charge is 0.455 e. The summed E-state index contributed by atoms with van der Waals surface area (Å²) >= 11 is 0. The molecular formula is C58H37NO. The minimum absolute atomic E-state index is 0.892. The van der Waals surface area contributed by atoms with Crippen molar-refractivity contribution in [3.63, 3.8) is 0 Å². The second-order valence-corrected chi connectivity index (χ2v) is 15.6. The molecule has 2 heteroatoms. The highest BCUT2D eigenvalue weighted by Crippen LogP contribution is 2.45. The van der Waals surface area contributed by atoms with Gasteiger partial charge in [0.1, 0.15) is 11.2 Å². The molecule has 0 radical (unpaired) electrons. The molecule has 11 aromatic carbocycles. The molecule has 0 amide bonds. The molecule has 60 heavy (non-hydrogen) atoms. The molecule has 1 aromatic heterocycles. The van der Waals surface area contributed by atoms with Crippen LogP contribution in [0.4, 0.5) is 17.1 Å². The smallest absolute Gasteiger partial charge is 0.143 e. The summed E-state index contributed by atoms with van der Waals surface area (Å²) in [4.78, 5) is 2.41. The summed E-state index contributed by atoms with van der Waals surface area (Å²) in [6.45, 7) is 0. The molecule has 0 saturated heterocycles. The van der Waals surface area contributed by atoms with Crippen LogP contribution in [0.15, 0.2) is 229 Å². The van der Waals surface area contributed by atoms with Gasteiger partial charge in [-0.3, -0.25) is 0 Å². The molecule has 12 rings (SSSR count). The van der Waals surface area contributed by atoms with Crippen molar-refractivity contribution in [1.82, 2.24) is 0 Å². The van der Waals surface area contributed by atoms with Crippen LogP contribution in [0.2, 0.25) is 0 Å². The third kappa shape index (κ3) is 5.50. The zero-order valence-electron chi connectivity index (χ0n) is 32.7. The Morgan fingerprint density at radius 3 is 1.58 bits per heavy atom. The van der Waals surface area contributed by atoms with Crippen LogP contribution in [0.5, 0.6) is 0 Å². The normalized spacial score (nSPS) is 11.7. The van der Waals surface area contributed by atoms with Crippen molar-refractivity contribution in [3.05, 3.63) is 224 Å². The second kappa shape index (κ2) is 13.9. The first-order valence-corrected chi connectivity index (χ1v) is 20.6. The van der Waals surface area contributed by atoms with Gasteiger partial charge < -0.3 is 9.32 Å². The van der Waals surface area contributed by atoms with Crippen LogP contribution in [-0.2, 0) is 0 Å². The lowest BCUT2D eigenvalue weighted by Gasteiger charge is -2.27. The Morgan fingerprint density at radius 1 is 0.300 bits per heavy atom. The highest BCUT2D eigenvalue weighted by atomic mass is 16.3. The number of hydrogen-bond donors (Lipinski definition) is 0. The molecule has 0 aliphatic carbocycles. The van der Waals surface area contributed by atoms with Crippen molar-refractivity contribution < 1.29 is 4.42 Å². The van der Waals surface area contributed by atoms with Gasteiger partial charge in [0.05, 0.1) is 5.69 Å². The Labute approximate surface area is 347 Å². The molecule has 2 nitrogen and oxygen atoms in total. The predicted molar refractivity (Wildman–Crippen MR) is 255 cm³/mol. The lowest BCUT2D eigenvalue weighted by atomic mass is 9.93. The van der Waals surface area contributed by atoms with Crippen molar-refractivity contribution in [2.75, 3.05) is 4.90 Å². The first kappa shape index (κ1) is 34.1. The summed E-state index contributed by atoms with van der Waals surface area (Å²) in [5, 5.41) is 12.2. The summed E-state index contributed by atoms with van der Waals surface area (Å²) in [5.74, 6) is 0. The Bertz CT molecular complexity index is 3580. The van der Waals surface area contributed by atoms with E-state index in [1.807, 2.05) is 6.07 Å². The van der Waals surface area contributed by atoms with Gasteiger partial charge >= 0.3 is 0 Å². The summed E-state index contributed by atoms with van der Waals surface area (Å²) in [6, 6.07) is 81.2. The fraction of sp³-hybridized carbons (Fsp3) is 0. The second-order valence-electron chi connectivity index (χ2n) is 15.6. The number of rotatable bonds is 6. The monoisotopic (exact) mass is 763 g/mol. The Kier molecular flexibility index (Phi) is 7.89. The average molecular weight is 764 g/mol. The van der Waals surface area contributed by atoms with E-state index in [2.05, 4.69) is 223 Å². The summed E-state index contributed by atoms with van der Waals surface area (Å²) < 4.78 is 6.63. The number of anilines is 3.